The van der Waals surface area contributed by atoms with E-state index in [1.165, 1.54) is 17.0 Å². The van der Waals surface area contributed by atoms with Crippen LogP contribution >= 0.6 is 11.3 Å². The maximum Gasteiger partial charge on any atom is 0.265 e. The molecule has 2 N–H and O–H groups in total. The van der Waals surface area contributed by atoms with Crippen molar-refractivity contribution in [2.75, 3.05) is 48.8 Å². The fourth-order valence-electron chi connectivity index (χ4n) is 3.33. The number of thiophene rings is 1. The normalized spacial score (nSPS) is 17.4. The first-order chi connectivity index (χ1) is 13.5. The number of aryl methyl sites for hydroxylation is 1. The van der Waals surface area contributed by atoms with Gasteiger partial charge in [-0.25, -0.2) is 0 Å². The second kappa shape index (κ2) is 7.93. The molecule has 2 amide bonds. The van der Waals surface area contributed by atoms with E-state index in [4.69, 9.17) is 0 Å². The van der Waals surface area contributed by atoms with Crippen molar-refractivity contribution in [1.82, 2.24) is 4.90 Å². The standard InChI is InChI=1S/C21H26N4O2S/c1-14-13-16(25-11-9-24(2)10-12-25)5-6-17(14)22-21(27)18-7-8-19(28-18)23-20(26)15-3-4-15/h5-8,13,15H,3-4,9-12H2,1-2H3,(H,22,27)(H,23,26). The number of anilines is 3. The summed E-state index contributed by atoms with van der Waals surface area (Å²) in [6.07, 6.45) is 1.93. The Morgan fingerprint density at radius 2 is 1.79 bits per heavy atom. The summed E-state index contributed by atoms with van der Waals surface area (Å²) in [6, 6.07) is 9.74. The molecule has 0 spiro atoms. The zero-order valence-electron chi connectivity index (χ0n) is 16.3. The lowest BCUT2D eigenvalue weighted by atomic mass is 10.1. The molecule has 0 bridgehead atoms. The van der Waals surface area contributed by atoms with E-state index in [1.54, 1.807) is 12.1 Å². The fraction of sp³-hybridized carbons (Fsp3) is 0.429. The Kier molecular flexibility index (Phi) is 5.37. The second-order valence-electron chi connectivity index (χ2n) is 7.67. The van der Waals surface area contributed by atoms with Gasteiger partial charge >= 0.3 is 0 Å². The highest BCUT2D eigenvalue weighted by Gasteiger charge is 2.30. The van der Waals surface area contributed by atoms with E-state index in [-0.39, 0.29) is 17.7 Å². The summed E-state index contributed by atoms with van der Waals surface area (Å²) >= 11 is 1.31. The van der Waals surface area contributed by atoms with E-state index in [0.717, 1.165) is 55.3 Å². The number of likely N-dealkylation sites (N-methyl/N-ethyl adjacent to an activating group) is 1. The van der Waals surface area contributed by atoms with E-state index in [1.807, 2.05) is 13.0 Å². The minimum atomic E-state index is -0.146. The zero-order valence-corrected chi connectivity index (χ0v) is 17.1. The number of hydrogen-bond donors (Lipinski definition) is 2. The average Bonchev–Trinajstić information content (AvgIpc) is 3.43. The van der Waals surface area contributed by atoms with Crippen LogP contribution in [0.4, 0.5) is 16.4 Å². The Labute approximate surface area is 169 Å². The third-order valence-electron chi connectivity index (χ3n) is 5.35. The molecular formula is C21H26N4O2S. The molecule has 1 aliphatic heterocycles. The van der Waals surface area contributed by atoms with Gasteiger partial charge in [0.25, 0.3) is 5.91 Å². The highest BCUT2D eigenvalue weighted by molar-refractivity contribution is 7.18. The van der Waals surface area contributed by atoms with Crippen LogP contribution in [0.3, 0.4) is 0 Å². The van der Waals surface area contributed by atoms with Gasteiger partial charge in [0.15, 0.2) is 0 Å². The van der Waals surface area contributed by atoms with Crippen LogP contribution in [0.5, 0.6) is 0 Å². The Bertz CT molecular complexity index is 882. The van der Waals surface area contributed by atoms with Crippen molar-refractivity contribution in [3.8, 4) is 0 Å². The van der Waals surface area contributed by atoms with Crippen molar-refractivity contribution in [3.05, 3.63) is 40.8 Å². The number of nitrogens with one attached hydrogen (secondary N) is 2. The van der Waals surface area contributed by atoms with E-state index in [0.29, 0.717) is 4.88 Å². The minimum Gasteiger partial charge on any atom is -0.369 e. The molecule has 28 heavy (non-hydrogen) atoms. The van der Waals surface area contributed by atoms with Gasteiger partial charge in [-0.05, 0) is 62.7 Å². The molecule has 1 saturated carbocycles. The molecule has 2 aliphatic rings. The molecule has 4 rings (SSSR count). The molecule has 0 atom stereocenters. The lowest BCUT2D eigenvalue weighted by molar-refractivity contribution is -0.117. The molecular weight excluding hydrogens is 372 g/mol. The quantitative estimate of drug-likeness (QED) is 0.810. The van der Waals surface area contributed by atoms with Crippen LogP contribution in [0.15, 0.2) is 30.3 Å². The first-order valence-corrected chi connectivity index (χ1v) is 10.6. The van der Waals surface area contributed by atoms with E-state index >= 15 is 0 Å². The van der Waals surface area contributed by atoms with Gasteiger partial charge in [0.05, 0.1) is 9.88 Å². The third kappa shape index (κ3) is 4.36. The molecule has 0 unspecified atom stereocenters. The predicted octanol–water partition coefficient (Wildman–Crippen LogP) is 3.41. The highest BCUT2D eigenvalue weighted by Crippen LogP contribution is 2.32. The van der Waals surface area contributed by atoms with Gasteiger partial charge in [0.1, 0.15) is 0 Å². The summed E-state index contributed by atoms with van der Waals surface area (Å²) in [5.41, 5.74) is 3.06. The average molecular weight is 399 g/mol. The van der Waals surface area contributed by atoms with E-state index < -0.39 is 0 Å². The summed E-state index contributed by atoms with van der Waals surface area (Å²) < 4.78 is 0. The monoisotopic (exact) mass is 398 g/mol. The fourth-order valence-corrected chi connectivity index (χ4v) is 4.13. The predicted molar refractivity (Wildman–Crippen MR) is 115 cm³/mol. The number of hydrogen-bond acceptors (Lipinski definition) is 5. The maximum atomic E-state index is 12.6. The van der Waals surface area contributed by atoms with Gasteiger partial charge in [0.2, 0.25) is 5.91 Å². The number of piperazine rings is 1. The van der Waals surface area contributed by atoms with Crippen molar-refractivity contribution in [2.45, 2.75) is 19.8 Å². The van der Waals surface area contributed by atoms with Crippen molar-refractivity contribution in [2.24, 2.45) is 5.92 Å². The smallest absolute Gasteiger partial charge is 0.265 e. The van der Waals surface area contributed by atoms with Crippen LogP contribution in [0.25, 0.3) is 0 Å². The first kappa shape index (κ1) is 19.0. The highest BCUT2D eigenvalue weighted by atomic mass is 32.1. The molecule has 1 aromatic carbocycles. The molecule has 2 heterocycles. The van der Waals surface area contributed by atoms with Crippen molar-refractivity contribution >= 4 is 39.5 Å². The number of nitrogens with zero attached hydrogens (tertiary/aromatic N) is 2. The van der Waals surface area contributed by atoms with Gasteiger partial charge in [0, 0.05) is 43.5 Å². The van der Waals surface area contributed by atoms with Crippen LogP contribution in [0.2, 0.25) is 0 Å². The number of amides is 2. The molecule has 1 saturated heterocycles. The molecule has 2 aromatic rings. The summed E-state index contributed by atoms with van der Waals surface area (Å²) in [4.78, 5) is 29.8. The van der Waals surface area contributed by atoms with Crippen molar-refractivity contribution < 1.29 is 9.59 Å². The Morgan fingerprint density at radius 3 is 2.46 bits per heavy atom. The largest absolute Gasteiger partial charge is 0.369 e. The summed E-state index contributed by atoms with van der Waals surface area (Å²) in [6.45, 7) is 6.19. The number of benzene rings is 1. The Morgan fingerprint density at radius 1 is 1.04 bits per heavy atom. The Hall–Kier alpha value is -2.38. The zero-order chi connectivity index (χ0) is 19.7. The molecule has 6 nitrogen and oxygen atoms in total. The van der Waals surface area contributed by atoms with Gasteiger partial charge < -0.3 is 20.4 Å². The number of rotatable bonds is 5. The van der Waals surface area contributed by atoms with Crippen molar-refractivity contribution in [3.63, 3.8) is 0 Å². The second-order valence-corrected chi connectivity index (χ2v) is 8.75. The molecule has 1 aliphatic carbocycles. The van der Waals surface area contributed by atoms with Crippen molar-refractivity contribution in [1.29, 1.82) is 0 Å². The number of carbonyl (C=O) groups excluding carboxylic acids is 2. The summed E-state index contributed by atoms with van der Waals surface area (Å²) in [5.74, 6) is 0.0670. The molecule has 2 fully saturated rings. The summed E-state index contributed by atoms with van der Waals surface area (Å²) in [7, 11) is 2.15. The van der Waals surface area contributed by atoms with Gasteiger partial charge in [-0.3, -0.25) is 9.59 Å². The van der Waals surface area contributed by atoms with Gasteiger partial charge in [-0.15, -0.1) is 11.3 Å². The lowest BCUT2D eigenvalue weighted by Crippen LogP contribution is -2.44. The third-order valence-corrected chi connectivity index (χ3v) is 6.35. The molecule has 1 aromatic heterocycles. The minimum absolute atomic E-state index is 0.0594. The Balaban J connectivity index is 1.39. The maximum absolute atomic E-state index is 12.6. The van der Waals surface area contributed by atoms with E-state index in [9.17, 15) is 9.59 Å². The van der Waals surface area contributed by atoms with Gasteiger partial charge in [-0.1, -0.05) is 0 Å². The van der Waals surface area contributed by atoms with Crippen LogP contribution in [-0.2, 0) is 4.79 Å². The number of carbonyl (C=O) groups is 2. The summed E-state index contributed by atoms with van der Waals surface area (Å²) in [5, 5.41) is 6.62. The molecule has 7 heteroatoms. The molecule has 0 radical (unpaired) electrons. The lowest BCUT2D eigenvalue weighted by Gasteiger charge is -2.34. The van der Waals surface area contributed by atoms with Gasteiger partial charge in [-0.2, -0.15) is 0 Å². The van der Waals surface area contributed by atoms with Crippen LogP contribution in [0, 0.1) is 12.8 Å². The molecule has 148 valence electrons. The SMILES string of the molecule is Cc1cc(N2CCN(C)CC2)ccc1NC(=O)c1ccc(NC(=O)C2CC2)s1. The van der Waals surface area contributed by atoms with Crippen LogP contribution in [0.1, 0.15) is 28.1 Å². The first-order valence-electron chi connectivity index (χ1n) is 9.76. The topological polar surface area (TPSA) is 64.7 Å². The van der Waals surface area contributed by atoms with E-state index in [2.05, 4.69) is 39.6 Å². The van der Waals surface area contributed by atoms with Crippen LogP contribution in [-0.4, -0.2) is 49.9 Å². The van der Waals surface area contributed by atoms with Crippen LogP contribution < -0.4 is 15.5 Å².